The first kappa shape index (κ1) is 39.6. The van der Waals surface area contributed by atoms with Gasteiger partial charge >= 0.3 is 0 Å². The molecule has 2 saturated heterocycles. The van der Waals surface area contributed by atoms with Gasteiger partial charge in [-0.3, -0.25) is 24.5 Å². The summed E-state index contributed by atoms with van der Waals surface area (Å²) in [6.45, 7) is 7.81. The highest BCUT2D eigenvalue weighted by molar-refractivity contribution is 6.03. The van der Waals surface area contributed by atoms with E-state index in [1.807, 2.05) is 19.2 Å². The molecule has 58 heavy (non-hydrogen) atoms. The second kappa shape index (κ2) is 15.8. The largest absolute Gasteiger partial charge is 0.494 e. The average molecular weight is 792 g/mol. The summed E-state index contributed by atoms with van der Waals surface area (Å²) in [5, 5.41) is 5.87. The third-order valence-electron chi connectivity index (χ3n) is 13.5. The number of nitrogens with two attached hydrogens (primary N) is 1. The Balaban J connectivity index is 0.889. The number of benzene rings is 2. The van der Waals surface area contributed by atoms with Gasteiger partial charge in [0.05, 0.1) is 30.3 Å². The zero-order valence-electron chi connectivity index (χ0n) is 34.4. The molecular weight excluding hydrogens is 735 g/mol. The Morgan fingerprint density at radius 2 is 1.86 bits per heavy atom. The number of rotatable bonds is 12. The molecule has 4 heterocycles. The number of ether oxygens (including phenoxy) is 1. The zero-order valence-corrected chi connectivity index (χ0v) is 34.4. The number of amides is 4. The lowest BCUT2D eigenvalue weighted by atomic mass is 9.73. The molecule has 1 unspecified atom stereocenters. The van der Waals surface area contributed by atoms with Gasteiger partial charge in [-0.05, 0) is 120 Å². The summed E-state index contributed by atoms with van der Waals surface area (Å²) in [4.78, 5) is 68.7. The lowest BCUT2D eigenvalue weighted by Gasteiger charge is -2.43. The Kier molecular flexibility index (Phi) is 10.8. The van der Waals surface area contributed by atoms with E-state index in [9.17, 15) is 19.2 Å². The van der Waals surface area contributed by atoms with Crippen molar-refractivity contribution in [3.63, 3.8) is 0 Å². The van der Waals surface area contributed by atoms with E-state index in [2.05, 4.69) is 63.3 Å². The number of piperidine rings is 2. The molecule has 1 atom stereocenters. The summed E-state index contributed by atoms with van der Waals surface area (Å²) in [6.07, 6.45) is 9.53. The Hall–Kier alpha value is -5.24. The van der Waals surface area contributed by atoms with Crippen LogP contribution in [0.3, 0.4) is 0 Å². The van der Waals surface area contributed by atoms with Crippen LogP contribution < -0.4 is 35.8 Å². The number of fused-ring (bicyclic) bond motifs is 1. The third kappa shape index (κ3) is 7.58. The second-order valence-corrected chi connectivity index (χ2v) is 17.5. The van der Waals surface area contributed by atoms with Crippen LogP contribution in [0.5, 0.6) is 5.75 Å². The number of nitrogens with one attached hydrogen (secondary N) is 2. The van der Waals surface area contributed by atoms with Crippen molar-refractivity contribution in [2.75, 3.05) is 67.4 Å². The number of carbonyl (C=O) groups is 4. The van der Waals surface area contributed by atoms with Gasteiger partial charge in [-0.2, -0.15) is 4.98 Å². The minimum atomic E-state index is -0.485. The van der Waals surface area contributed by atoms with Gasteiger partial charge in [0.25, 0.3) is 0 Å². The van der Waals surface area contributed by atoms with Crippen molar-refractivity contribution in [3.05, 3.63) is 59.3 Å². The minimum Gasteiger partial charge on any atom is -0.494 e. The van der Waals surface area contributed by atoms with Gasteiger partial charge in [0.15, 0.2) is 5.82 Å². The molecule has 5 aliphatic rings. The van der Waals surface area contributed by atoms with Crippen molar-refractivity contribution >= 4 is 52.5 Å². The quantitative estimate of drug-likeness (QED) is 0.204. The molecule has 1 aromatic heterocycles. The molecule has 2 aromatic carbocycles. The lowest BCUT2D eigenvalue weighted by molar-refractivity contribution is -0.134. The highest BCUT2D eigenvalue weighted by Gasteiger charge is 2.55. The Morgan fingerprint density at radius 3 is 2.53 bits per heavy atom. The number of carbonyl (C=O) groups excluding carboxylic acids is 4. The molecule has 14 nitrogen and oxygen atoms in total. The Labute approximate surface area is 340 Å². The standard InChI is InChI=1S/C44H57N9O5/c1-26(2)53-25-44(16-17-44)42(57)51(4)35-24-46-43(49-40(35)53)47-34-11-9-33(39(45)55)37(38(34)58-5)29-22-31(23-29)50(3)18-13-27-14-19-52(20-15-27)30-8-6-7-28(21-30)32-10-12-36(54)48-41(32)56/h6-9,11,21,24,26-27,29,31-32H,10,12-20,22-23,25H2,1-5H3,(H2,45,55)(H,46,47,49)(H,48,54,56). The molecule has 4 amide bonds. The molecule has 3 aliphatic heterocycles. The van der Waals surface area contributed by atoms with Crippen molar-refractivity contribution < 1.29 is 23.9 Å². The molecule has 1 spiro atoms. The SMILES string of the molecule is COc1c(Nc2ncc3c(n2)N(C(C)C)CC2(CC2)C(=O)N3C)ccc(C(N)=O)c1C1CC(N(C)CCC2CCN(c3cccc(C4CCC(=O)NC4=O)c3)CC2)C1. The van der Waals surface area contributed by atoms with Gasteiger partial charge in [-0.25, -0.2) is 4.98 Å². The number of anilines is 5. The van der Waals surface area contributed by atoms with Crippen LogP contribution in [-0.2, 0) is 14.4 Å². The van der Waals surface area contributed by atoms with Gasteiger partial charge in [0.2, 0.25) is 29.6 Å². The monoisotopic (exact) mass is 791 g/mol. The molecule has 8 rings (SSSR count). The highest BCUT2D eigenvalue weighted by atomic mass is 16.5. The lowest BCUT2D eigenvalue weighted by Crippen LogP contribution is -2.43. The third-order valence-corrected chi connectivity index (χ3v) is 13.5. The number of primary amides is 1. The van der Waals surface area contributed by atoms with Crippen molar-refractivity contribution in [2.45, 2.75) is 95.6 Å². The summed E-state index contributed by atoms with van der Waals surface area (Å²) in [6, 6.07) is 12.3. The maximum absolute atomic E-state index is 13.4. The van der Waals surface area contributed by atoms with Gasteiger partial charge < -0.3 is 35.4 Å². The second-order valence-electron chi connectivity index (χ2n) is 17.5. The minimum absolute atomic E-state index is 0.101. The first-order valence-corrected chi connectivity index (χ1v) is 20.9. The average Bonchev–Trinajstić information content (AvgIpc) is 3.99. The van der Waals surface area contributed by atoms with Crippen LogP contribution in [0.4, 0.5) is 28.8 Å². The molecular formula is C44H57N9O5. The number of nitrogens with zero attached hydrogens (tertiary/aromatic N) is 6. The fourth-order valence-electron chi connectivity index (χ4n) is 9.60. The zero-order chi connectivity index (χ0) is 40.9. The van der Waals surface area contributed by atoms with Crippen LogP contribution in [0.15, 0.2) is 42.6 Å². The van der Waals surface area contributed by atoms with Crippen LogP contribution in [0.25, 0.3) is 0 Å². The molecule has 3 aromatic rings. The molecule has 308 valence electrons. The Morgan fingerprint density at radius 1 is 1.10 bits per heavy atom. The number of hydrogen-bond donors (Lipinski definition) is 3. The smallest absolute Gasteiger partial charge is 0.249 e. The van der Waals surface area contributed by atoms with Gasteiger partial charge in [-0.15, -0.1) is 0 Å². The normalized spacial score (nSPS) is 23.1. The molecule has 2 aliphatic carbocycles. The number of methoxy groups -OCH3 is 1. The van der Waals surface area contributed by atoms with Gasteiger partial charge in [0.1, 0.15) is 11.4 Å². The summed E-state index contributed by atoms with van der Waals surface area (Å²) in [5.74, 6) is 1.37. The van der Waals surface area contributed by atoms with Gasteiger partial charge in [0, 0.05) is 62.0 Å². The molecule has 4 fully saturated rings. The maximum atomic E-state index is 13.4. The molecule has 2 saturated carbocycles. The first-order chi connectivity index (χ1) is 27.9. The van der Waals surface area contributed by atoms with Crippen LogP contribution in [0.1, 0.15) is 105 Å². The van der Waals surface area contributed by atoms with Crippen LogP contribution in [-0.4, -0.2) is 98.0 Å². The topological polar surface area (TPSA) is 166 Å². The fourth-order valence-corrected chi connectivity index (χ4v) is 9.60. The van der Waals surface area contributed by atoms with E-state index in [0.717, 1.165) is 81.4 Å². The van der Waals surface area contributed by atoms with E-state index in [1.165, 1.54) is 0 Å². The Bertz CT molecular complexity index is 2090. The van der Waals surface area contributed by atoms with E-state index >= 15 is 0 Å². The summed E-state index contributed by atoms with van der Waals surface area (Å²) < 4.78 is 6.03. The molecule has 0 bridgehead atoms. The van der Waals surface area contributed by atoms with Crippen LogP contribution in [0.2, 0.25) is 0 Å². The van der Waals surface area contributed by atoms with Crippen molar-refractivity contribution in [2.24, 2.45) is 17.1 Å². The van der Waals surface area contributed by atoms with Crippen LogP contribution in [0, 0.1) is 11.3 Å². The van der Waals surface area contributed by atoms with E-state index in [-0.39, 0.29) is 41.0 Å². The highest BCUT2D eigenvalue weighted by Crippen LogP contribution is 2.52. The maximum Gasteiger partial charge on any atom is 0.249 e. The van der Waals surface area contributed by atoms with Crippen LogP contribution >= 0.6 is 0 Å². The summed E-state index contributed by atoms with van der Waals surface area (Å²) in [7, 11) is 5.63. The summed E-state index contributed by atoms with van der Waals surface area (Å²) >= 11 is 0. The molecule has 14 heteroatoms. The van der Waals surface area contributed by atoms with E-state index in [4.69, 9.17) is 15.5 Å². The van der Waals surface area contributed by atoms with Gasteiger partial charge in [-0.1, -0.05) is 12.1 Å². The van der Waals surface area contributed by atoms with Crippen molar-refractivity contribution in [1.82, 2.24) is 20.2 Å². The number of imide groups is 1. The van der Waals surface area contributed by atoms with Crippen molar-refractivity contribution in [3.8, 4) is 5.75 Å². The molecule has 0 radical (unpaired) electrons. The number of aromatic nitrogens is 2. The van der Waals surface area contributed by atoms with Crippen molar-refractivity contribution in [1.29, 1.82) is 0 Å². The molecule has 4 N–H and O–H groups in total. The van der Waals surface area contributed by atoms with E-state index in [0.29, 0.717) is 65.8 Å². The van der Waals surface area contributed by atoms with E-state index < -0.39 is 5.91 Å². The fraction of sp³-hybridized carbons (Fsp3) is 0.545. The van der Waals surface area contributed by atoms with E-state index in [1.54, 1.807) is 30.3 Å². The predicted octanol–water partition coefficient (Wildman–Crippen LogP) is 5.30. The number of hydrogen-bond acceptors (Lipinski definition) is 11. The summed E-state index contributed by atoms with van der Waals surface area (Å²) in [5.41, 5.74) is 10.3. The first-order valence-electron chi connectivity index (χ1n) is 20.9. The predicted molar refractivity (Wildman–Crippen MR) is 224 cm³/mol.